The minimum Gasteiger partial charge on any atom is -0.438 e. The molecule has 2 atom stereocenters. The topological polar surface area (TPSA) is 140 Å². The molecule has 4 aliphatic rings. The largest absolute Gasteiger partial charge is 0.438 e. The number of esters is 1. The van der Waals surface area contributed by atoms with Crippen molar-refractivity contribution in [2.75, 3.05) is 44.7 Å². The highest BCUT2D eigenvalue weighted by Gasteiger charge is 2.39. The molecule has 2 amide bonds. The lowest BCUT2D eigenvalue weighted by Crippen LogP contribution is -2.49. The van der Waals surface area contributed by atoms with Gasteiger partial charge in [-0.25, -0.2) is 14.0 Å². The van der Waals surface area contributed by atoms with Crippen molar-refractivity contribution in [2.24, 2.45) is 0 Å². The molecule has 2 bridgehead atoms. The van der Waals surface area contributed by atoms with E-state index in [1.165, 1.54) is 33.9 Å². The van der Waals surface area contributed by atoms with Gasteiger partial charge in [0.05, 0.1) is 48.4 Å². The van der Waals surface area contributed by atoms with Crippen molar-refractivity contribution in [3.8, 4) is 0 Å². The second-order valence-corrected chi connectivity index (χ2v) is 10.5. The molecule has 13 heteroatoms. The molecule has 12 nitrogen and oxygen atoms in total. The number of nitrogens with zero attached hydrogens (tertiary/aromatic N) is 3. The van der Waals surface area contributed by atoms with E-state index in [4.69, 9.17) is 14.3 Å². The average molecular weight is 581 g/mol. The number of amides is 2. The number of β-amino-alcohol motifs (C(OH)–C–C–N with tert-alkyl or cyclic N) is 1. The molecule has 42 heavy (non-hydrogen) atoms. The van der Waals surface area contributed by atoms with E-state index < -0.39 is 41.9 Å². The molecular weight excluding hydrogens is 551 g/mol. The highest BCUT2D eigenvalue weighted by molar-refractivity contribution is 6.35. The molecule has 0 radical (unpaired) electrons. The molecule has 2 N–H and O–H groups in total. The molecule has 0 saturated carbocycles. The van der Waals surface area contributed by atoms with Gasteiger partial charge in [0, 0.05) is 49.5 Å². The van der Waals surface area contributed by atoms with E-state index in [-0.39, 0.29) is 36.2 Å². The Balaban J connectivity index is 1.43. The summed E-state index contributed by atoms with van der Waals surface area (Å²) in [7, 11) is 0. The van der Waals surface area contributed by atoms with Crippen LogP contribution in [0.4, 0.5) is 10.1 Å². The number of rotatable bonds is 5. The first-order valence-corrected chi connectivity index (χ1v) is 13.7. The predicted octanol–water partition coefficient (Wildman–Crippen LogP) is 0.904. The number of halogens is 1. The van der Waals surface area contributed by atoms with Crippen molar-refractivity contribution in [3.05, 3.63) is 64.2 Å². The monoisotopic (exact) mass is 580 g/mol. The van der Waals surface area contributed by atoms with Gasteiger partial charge in [-0.05, 0) is 43.2 Å². The molecule has 0 spiro atoms. The van der Waals surface area contributed by atoms with Crippen LogP contribution in [-0.4, -0.2) is 95.1 Å². The minimum absolute atomic E-state index is 0.118. The van der Waals surface area contributed by atoms with Crippen LogP contribution < -0.4 is 10.2 Å². The number of hydrogen-bond donors (Lipinski definition) is 2. The second kappa shape index (κ2) is 11.2. The van der Waals surface area contributed by atoms with Gasteiger partial charge < -0.3 is 29.6 Å². The number of aliphatic hydroxyl groups excluding tert-OH is 1. The fraction of sp³-hybridized carbons (Fsp3) is 0.379. The fourth-order valence-corrected chi connectivity index (χ4v) is 5.78. The predicted molar refractivity (Wildman–Crippen MR) is 145 cm³/mol. The smallest absolute Gasteiger partial charge is 0.356 e. The van der Waals surface area contributed by atoms with E-state index in [0.29, 0.717) is 55.4 Å². The third-order valence-corrected chi connectivity index (χ3v) is 7.78. The first-order valence-electron chi connectivity index (χ1n) is 13.7. The van der Waals surface area contributed by atoms with E-state index in [0.717, 1.165) is 12.2 Å². The van der Waals surface area contributed by atoms with E-state index in [1.54, 1.807) is 6.92 Å². The summed E-state index contributed by atoms with van der Waals surface area (Å²) in [4.78, 5) is 61.3. The Morgan fingerprint density at radius 1 is 1.12 bits per heavy atom. The number of ether oxygens (including phenoxy) is 2. The average Bonchev–Trinajstić information content (AvgIpc) is 3.34. The number of morpholine rings is 1. The van der Waals surface area contributed by atoms with Crippen molar-refractivity contribution in [2.45, 2.75) is 32.1 Å². The third-order valence-electron chi connectivity index (χ3n) is 7.78. The Hall–Kier alpha value is -4.33. The van der Waals surface area contributed by atoms with Crippen molar-refractivity contribution < 1.29 is 43.0 Å². The minimum atomic E-state index is -1.01. The van der Waals surface area contributed by atoms with Crippen LogP contribution in [-0.2, 0) is 30.3 Å². The number of carbonyl (C=O) groups excluding carboxylic acids is 4. The van der Waals surface area contributed by atoms with Crippen LogP contribution in [0.3, 0.4) is 0 Å². The molecule has 5 heterocycles. The van der Waals surface area contributed by atoms with E-state index in [2.05, 4.69) is 5.32 Å². The summed E-state index contributed by atoms with van der Waals surface area (Å²) in [6.07, 6.45) is 1.64. The zero-order valence-electron chi connectivity index (χ0n) is 22.8. The molecule has 1 aromatic carbocycles. The second-order valence-electron chi connectivity index (χ2n) is 10.5. The standard InChI is InChI=1S/C29H29FN4O8/c1-16-23(13-20-19-12-17(30)2-3-21(19)31-28(20)38)34-22-4-5-24(41-25(36)6-7-26(37)42-34)33(29(39)27(16)22)15-18(35)14-32-8-10-40-11-9-32/h2-3,6-7,12-13,18,24,35H,4-5,8-11,14-15H2,1H3,(H,31,38)/b7-6-,20-13-/t18-,24?/m1/s1. The van der Waals surface area contributed by atoms with Gasteiger partial charge in [0.2, 0.25) is 0 Å². The maximum absolute atomic E-state index is 14.2. The van der Waals surface area contributed by atoms with Crippen molar-refractivity contribution >= 4 is 41.1 Å². The Morgan fingerprint density at radius 2 is 1.88 bits per heavy atom. The Bertz CT molecular complexity index is 1540. The fourth-order valence-electron chi connectivity index (χ4n) is 5.78. The van der Waals surface area contributed by atoms with Gasteiger partial charge >= 0.3 is 11.9 Å². The quantitative estimate of drug-likeness (QED) is 0.390. The number of carbonyl (C=O) groups is 4. The van der Waals surface area contributed by atoms with Gasteiger partial charge in [0.15, 0.2) is 6.23 Å². The molecule has 1 fully saturated rings. The summed E-state index contributed by atoms with van der Waals surface area (Å²) in [6.45, 7) is 4.20. The van der Waals surface area contributed by atoms with Crippen LogP contribution in [0.15, 0.2) is 30.4 Å². The summed E-state index contributed by atoms with van der Waals surface area (Å²) >= 11 is 0. The normalized spacial score (nSPS) is 23.2. The summed E-state index contributed by atoms with van der Waals surface area (Å²) in [5.41, 5.74) is 2.05. The lowest BCUT2D eigenvalue weighted by Gasteiger charge is -2.34. The summed E-state index contributed by atoms with van der Waals surface area (Å²) in [5.74, 6) is -3.30. The number of anilines is 1. The zero-order chi connectivity index (χ0) is 29.5. The first kappa shape index (κ1) is 27.8. The van der Waals surface area contributed by atoms with Crippen LogP contribution >= 0.6 is 0 Å². The molecule has 4 aliphatic heterocycles. The van der Waals surface area contributed by atoms with Crippen LogP contribution in [0.25, 0.3) is 11.6 Å². The third kappa shape index (κ3) is 5.22. The Labute approximate surface area is 239 Å². The molecule has 1 aromatic heterocycles. The lowest BCUT2D eigenvalue weighted by molar-refractivity contribution is -0.152. The molecule has 6 rings (SSSR count). The maximum Gasteiger partial charge on any atom is 0.356 e. The lowest BCUT2D eigenvalue weighted by atomic mass is 10.0. The van der Waals surface area contributed by atoms with Gasteiger partial charge in [-0.1, -0.05) is 0 Å². The maximum atomic E-state index is 14.2. The Morgan fingerprint density at radius 3 is 2.67 bits per heavy atom. The molecule has 1 unspecified atom stereocenters. The van der Waals surface area contributed by atoms with Crippen LogP contribution in [0, 0.1) is 12.7 Å². The van der Waals surface area contributed by atoms with Gasteiger partial charge in [0.1, 0.15) is 5.82 Å². The molecule has 2 aromatic rings. The number of nitrogens with one attached hydrogen (secondary N) is 1. The van der Waals surface area contributed by atoms with Gasteiger partial charge in [0.25, 0.3) is 11.8 Å². The van der Waals surface area contributed by atoms with E-state index >= 15 is 0 Å². The number of fused-ring (bicyclic) bond motifs is 3. The van der Waals surface area contributed by atoms with Crippen LogP contribution in [0.5, 0.6) is 0 Å². The van der Waals surface area contributed by atoms with Gasteiger partial charge in [-0.3, -0.25) is 14.5 Å². The molecule has 1 saturated heterocycles. The van der Waals surface area contributed by atoms with Crippen molar-refractivity contribution in [1.29, 1.82) is 0 Å². The molecular formula is C29H29FN4O8. The molecule has 220 valence electrons. The summed E-state index contributed by atoms with van der Waals surface area (Å²) in [5, 5.41) is 13.7. The van der Waals surface area contributed by atoms with Gasteiger partial charge in [-0.2, -0.15) is 4.73 Å². The highest BCUT2D eigenvalue weighted by atomic mass is 19.1. The highest BCUT2D eigenvalue weighted by Crippen LogP contribution is 2.37. The van der Waals surface area contributed by atoms with Crippen LogP contribution in [0.1, 0.15) is 39.3 Å². The van der Waals surface area contributed by atoms with Gasteiger partial charge in [-0.15, -0.1) is 0 Å². The number of aliphatic hydroxyl groups is 1. The van der Waals surface area contributed by atoms with E-state index in [1.807, 2.05) is 4.90 Å². The Kier molecular flexibility index (Phi) is 7.39. The zero-order valence-corrected chi connectivity index (χ0v) is 22.8. The van der Waals surface area contributed by atoms with E-state index in [9.17, 15) is 28.7 Å². The van der Waals surface area contributed by atoms with Crippen molar-refractivity contribution in [1.82, 2.24) is 14.5 Å². The van der Waals surface area contributed by atoms with Crippen molar-refractivity contribution in [3.63, 3.8) is 0 Å². The number of hydrogen-bond acceptors (Lipinski definition) is 9. The first-order chi connectivity index (χ1) is 20.2. The molecule has 0 aliphatic carbocycles. The summed E-state index contributed by atoms with van der Waals surface area (Å²) in [6, 6.07) is 3.90. The van der Waals surface area contributed by atoms with Crippen LogP contribution in [0.2, 0.25) is 0 Å². The summed E-state index contributed by atoms with van der Waals surface area (Å²) < 4.78 is 26.2. The SMILES string of the molecule is Cc1c2c3n(c1/C=C1\C(=O)Nc4ccc(F)cc41)OC(=O)/C=C\C(=O)OC(CC3)N(C[C@H](O)CN1CCOCC1)C2=O. The number of aromatic nitrogens is 1. The number of benzene rings is 1.